The first-order valence-electron chi connectivity index (χ1n) is 6.05. The van der Waals surface area contributed by atoms with Gasteiger partial charge in [0.2, 0.25) is 0 Å². The summed E-state index contributed by atoms with van der Waals surface area (Å²) < 4.78 is 0. The van der Waals surface area contributed by atoms with Gasteiger partial charge in [0.25, 0.3) is 0 Å². The number of rotatable bonds is 7. The molecule has 0 aromatic heterocycles. The molecule has 0 spiro atoms. The van der Waals surface area contributed by atoms with Gasteiger partial charge in [0.05, 0.1) is 12.2 Å². The zero-order valence-corrected chi connectivity index (χ0v) is 9.45. The van der Waals surface area contributed by atoms with E-state index in [9.17, 15) is 10.2 Å². The average molecular weight is 200 g/mol. The van der Waals surface area contributed by atoms with Crippen LogP contribution in [0.4, 0.5) is 0 Å². The van der Waals surface area contributed by atoms with Crippen molar-refractivity contribution in [3.8, 4) is 0 Å². The van der Waals surface area contributed by atoms with Gasteiger partial charge in [-0.2, -0.15) is 0 Å². The fourth-order valence-electron chi connectivity index (χ4n) is 2.28. The highest BCUT2D eigenvalue weighted by Crippen LogP contribution is 2.45. The summed E-state index contributed by atoms with van der Waals surface area (Å²) in [5.74, 6) is 1.53. The molecule has 1 rings (SSSR count). The monoisotopic (exact) mass is 200 g/mol. The van der Waals surface area contributed by atoms with Crippen LogP contribution in [0.5, 0.6) is 0 Å². The maximum atomic E-state index is 9.70. The van der Waals surface area contributed by atoms with Crippen LogP contribution in [0.3, 0.4) is 0 Å². The molecule has 1 aliphatic rings. The second-order valence-corrected chi connectivity index (χ2v) is 4.70. The highest BCUT2D eigenvalue weighted by Gasteiger charge is 2.38. The van der Waals surface area contributed by atoms with E-state index in [1.165, 1.54) is 19.3 Å². The molecule has 1 saturated carbocycles. The molecular weight excluding hydrogens is 176 g/mol. The van der Waals surface area contributed by atoms with Crippen LogP contribution in [-0.2, 0) is 0 Å². The van der Waals surface area contributed by atoms with E-state index in [0.717, 1.165) is 25.2 Å². The third-order valence-electron chi connectivity index (χ3n) is 3.30. The van der Waals surface area contributed by atoms with Gasteiger partial charge in [0.1, 0.15) is 0 Å². The predicted molar refractivity (Wildman–Crippen MR) is 58.0 cm³/mol. The topological polar surface area (TPSA) is 40.5 Å². The van der Waals surface area contributed by atoms with Crippen molar-refractivity contribution in [2.24, 2.45) is 11.8 Å². The van der Waals surface area contributed by atoms with Crippen LogP contribution < -0.4 is 0 Å². The van der Waals surface area contributed by atoms with Gasteiger partial charge in [0, 0.05) is 0 Å². The van der Waals surface area contributed by atoms with Crippen molar-refractivity contribution < 1.29 is 10.2 Å². The Hall–Kier alpha value is -0.0800. The molecule has 0 aromatic carbocycles. The van der Waals surface area contributed by atoms with Gasteiger partial charge in [0.15, 0.2) is 0 Å². The van der Waals surface area contributed by atoms with Gasteiger partial charge >= 0.3 is 0 Å². The van der Waals surface area contributed by atoms with Crippen LogP contribution in [0.2, 0.25) is 0 Å². The lowest BCUT2D eigenvalue weighted by molar-refractivity contribution is 0.00555. The Labute approximate surface area is 87.3 Å². The summed E-state index contributed by atoms with van der Waals surface area (Å²) in [5.41, 5.74) is 0. The molecule has 1 fully saturated rings. The first-order chi connectivity index (χ1) is 6.69. The van der Waals surface area contributed by atoms with E-state index in [-0.39, 0.29) is 0 Å². The minimum atomic E-state index is -0.497. The van der Waals surface area contributed by atoms with E-state index in [1.54, 1.807) is 0 Å². The molecule has 0 saturated heterocycles. The molecule has 0 amide bonds. The van der Waals surface area contributed by atoms with Crippen molar-refractivity contribution in [3.05, 3.63) is 0 Å². The molecule has 0 aliphatic heterocycles. The first kappa shape index (κ1) is 12.0. The van der Waals surface area contributed by atoms with Crippen LogP contribution in [-0.4, -0.2) is 22.4 Å². The third kappa shape index (κ3) is 3.58. The minimum Gasteiger partial charge on any atom is -0.390 e. The molecule has 2 nitrogen and oxygen atoms in total. The van der Waals surface area contributed by atoms with Gasteiger partial charge in [-0.15, -0.1) is 0 Å². The highest BCUT2D eigenvalue weighted by atomic mass is 16.3. The minimum absolute atomic E-state index is 0.484. The van der Waals surface area contributed by atoms with Crippen molar-refractivity contribution >= 4 is 0 Å². The zero-order chi connectivity index (χ0) is 10.6. The molecule has 0 aromatic rings. The second kappa shape index (κ2) is 5.72. The fraction of sp³-hybridized carbons (Fsp3) is 1.00. The van der Waals surface area contributed by atoms with Gasteiger partial charge in [-0.25, -0.2) is 0 Å². The molecule has 4 unspecified atom stereocenters. The van der Waals surface area contributed by atoms with Crippen molar-refractivity contribution in [1.82, 2.24) is 0 Å². The zero-order valence-electron chi connectivity index (χ0n) is 9.45. The molecule has 84 valence electrons. The van der Waals surface area contributed by atoms with Crippen molar-refractivity contribution in [3.63, 3.8) is 0 Å². The maximum Gasteiger partial charge on any atom is 0.0801 e. The smallest absolute Gasteiger partial charge is 0.0801 e. The first-order valence-corrected chi connectivity index (χ1v) is 6.05. The number of aliphatic hydroxyl groups excluding tert-OH is 2. The van der Waals surface area contributed by atoms with Crippen molar-refractivity contribution in [2.45, 2.75) is 64.6 Å². The largest absolute Gasteiger partial charge is 0.390 e. The SMILES string of the molecule is CCCC(O)C(O)CC1CC1CCC. The quantitative estimate of drug-likeness (QED) is 0.662. The third-order valence-corrected chi connectivity index (χ3v) is 3.30. The van der Waals surface area contributed by atoms with E-state index >= 15 is 0 Å². The predicted octanol–water partition coefficient (Wildman–Crippen LogP) is 2.33. The van der Waals surface area contributed by atoms with Crippen LogP contribution in [0.25, 0.3) is 0 Å². The van der Waals surface area contributed by atoms with Crippen LogP contribution in [0.15, 0.2) is 0 Å². The molecular formula is C12H24O2. The summed E-state index contributed by atoms with van der Waals surface area (Å²) in [6, 6.07) is 0. The van der Waals surface area contributed by atoms with Gasteiger partial charge in [-0.3, -0.25) is 0 Å². The lowest BCUT2D eigenvalue weighted by atomic mass is 10.0. The van der Waals surface area contributed by atoms with E-state index in [0.29, 0.717) is 5.92 Å². The molecule has 2 heteroatoms. The molecule has 14 heavy (non-hydrogen) atoms. The summed E-state index contributed by atoms with van der Waals surface area (Å²) in [6.07, 6.45) is 5.31. The summed E-state index contributed by atoms with van der Waals surface area (Å²) in [4.78, 5) is 0. The Morgan fingerprint density at radius 3 is 2.36 bits per heavy atom. The lowest BCUT2D eigenvalue weighted by Crippen LogP contribution is -2.26. The molecule has 1 aliphatic carbocycles. The van der Waals surface area contributed by atoms with Crippen LogP contribution in [0, 0.1) is 11.8 Å². The number of hydrogen-bond acceptors (Lipinski definition) is 2. The van der Waals surface area contributed by atoms with E-state index in [2.05, 4.69) is 6.92 Å². The molecule has 4 atom stereocenters. The second-order valence-electron chi connectivity index (χ2n) is 4.70. The summed E-state index contributed by atoms with van der Waals surface area (Å²) >= 11 is 0. The molecule has 2 N–H and O–H groups in total. The average Bonchev–Trinajstić information content (AvgIpc) is 2.84. The Morgan fingerprint density at radius 1 is 1.07 bits per heavy atom. The Kier molecular flexibility index (Phi) is 4.90. The standard InChI is InChI=1S/C12H24O2/c1-3-5-9-7-10(9)8-12(14)11(13)6-4-2/h9-14H,3-8H2,1-2H3. The van der Waals surface area contributed by atoms with Crippen molar-refractivity contribution in [2.75, 3.05) is 0 Å². The molecule has 0 heterocycles. The number of aliphatic hydroxyl groups is 2. The van der Waals surface area contributed by atoms with Gasteiger partial charge in [-0.05, 0) is 31.1 Å². The summed E-state index contributed by atoms with van der Waals surface area (Å²) in [5, 5.41) is 19.3. The normalized spacial score (nSPS) is 30.0. The highest BCUT2D eigenvalue weighted by molar-refractivity contribution is 4.88. The summed E-state index contributed by atoms with van der Waals surface area (Å²) in [6.45, 7) is 4.24. The van der Waals surface area contributed by atoms with Crippen LogP contribution >= 0.6 is 0 Å². The maximum absolute atomic E-state index is 9.70. The number of hydrogen-bond donors (Lipinski definition) is 2. The Morgan fingerprint density at radius 2 is 1.79 bits per heavy atom. The summed E-state index contributed by atoms with van der Waals surface area (Å²) in [7, 11) is 0. The van der Waals surface area contributed by atoms with Crippen molar-refractivity contribution in [1.29, 1.82) is 0 Å². The van der Waals surface area contributed by atoms with Gasteiger partial charge < -0.3 is 10.2 Å². The fourth-order valence-corrected chi connectivity index (χ4v) is 2.28. The molecule has 0 radical (unpaired) electrons. The Balaban J connectivity index is 2.12. The lowest BCUT2D eigenvalue weighted by Gasteiger charge is -2.16. The van der Waals surface area contributed by atoms with Gasteiger partial charge in [-0.1, -0.05) is 33.1 Å². The van der Waals surface area contributed by atoms with Crippen LogP contribution in [0.1, 0.15) is 52.4 Å². The molecule has 0 bridgehead atoms. The Bertz CT molecular complexity index is 158. The van der Waals surface area contributed by atoms with E-state index in [1.807, 2.05) is 6.92 Å². The van der Waals surface area contributed by atoms with E-state index < -0.39 is 12.2 Å². The van der Waals surface area contributed by atoms with E-state index in [4.69, 9.17) is 0 Å².